The van der Waals surface area contributed by atoms with Crippen LogP contribution in [0.2, 0.25) is 0 Å². The number of hydrogen-bond acceptors (Lipinski definition) is 5. The van der Waals surface area contributed by atoms with Gasteiger partial charge >= 0.3 is 5.97 Å². The fourth-order valence-corrected chi connectivity index (χ4v) is 6.15. The lowest BCUT2D eigenvalue weighted by atomic mass is 9.80. The van der Waals surface area contributed by atoms with Gasteiger partial charge in [0, 0.05) is 25.9 Å². The highest BCUT2D eigenvalue weighted by Gasteiger charge is 2.42. The van der Waals surface area contributed by atoms with Crippen molar-refractivity contribution < 1.29 is 24.5 Å². The summed E-state index contributed by atoms with van der Waals surface area (Å²) in [5.41, 5.74) is 2.24. The van der Waals surface area contributed by atoms with Crippen molar-refractivity contribution in [1.29, 1.82) is 0 Å². The molecule has 0 aliphatic heterocycles. The molecule has 3 aromatic rings. The number of ether oxygens (including phenoxy) is 2. The van der Waals surface area contributed by atoms with E-state index in [1.807, 2.05) is 66.7 Å². The Morgan fingerprint density at radius 2 is 1.41 bits per heavy atom. The van der Waals surface area contributed by atoms with Gasteiger partial charge in [-0.25, -0.2) is 0 Å². The Labute approximate surface area is 244 Å². The third-order valence-electron chi connectivity index (χ3n) is 8.18. The van der Waals surface area contributed by atoms with Gasteiger partial charge in [-0.2, -0.15) is 0 Å². The van der Waals surface area contributed by atoms with Gasteiger partial charge in [-0.15, -0.1) is 0 Å². The molecule has 1 saturated carbocycles. The number of unbranched alkanes of at least 4 members (excludes halogenated alkanes) is 2. The van der Waals surface area contributed by atoms with Crippen LogP contribution >= 0.6 is 0 Å². The highest BCUT2D eigenvalue weighted by atomic mass is 16.5. The molecule has 0 spiro atoms. The average molecular weight is 557 g/mol. The van der Waals surface area contributed by atoms with Crippen LogP contribution in [0.4, 0.5) is 0 Å². The standard InChI is InChI=1S/C36H44O5/c1-3-4-8-21-31(41-27(2)37)22-23-32-33(35(39)26-34(32)38)24-25-40-36(28-15-9-5-10-16-28,29-17-11-6-12-18-29)30-19-13-7-14-20-30/h5-7,9-20,22-23,31-35,38-39H,3-4,8,21,24-26H2,1-2H3/b23-22+/t31-,32-,33-,34+,35-/m0/s1. The molecule has 5 nitrogen and oxygen atoms in total. The number of benzene rings is 3. The molecule has 0 bridgehead atoms. The zero-order chi connectivity index (χ0) is 29.1. The SMILES string of the molecule is CCCCC[C@@H](/C=C/[C@H]1[C@H](CCOC(c2ccccc2)(c2ccccc2)c2ccccc2)[C@@H](O)C[C@H]1O)OC(C)=O. The van der Waals surface area contributed by atoms with E-state index in [1.165, 1.54) is 6.92 Å². The van der Waals surface area contributed by atoms with Gasteiger partial charge in [-0.05, 0) is 47.9 Å². The van der Waals surface area contributed by atoms with Gasteiger partial charge in [0.1, 0.15) is 11.7 Å². The third-order valence-corrected chi connectivity index (χ3v) is 8.18. The number of rotatable bonds is 14. The summed E-state index contributed by atoms with van der Waals surface area (Å²) in [6.07, 6.45) is 6.96. The van der Waals surface area contributed by atoms with Crippen LogP contribution in [0.15, 0.2) is 103 Å². The van der Waals surface area contributed by atoms with Gasteiger partial charge in [-0.1, -0.05) is 117 Å². The Kier molecular flexibility index (Phi) is 11.3. The van der Waals surface area contributed by atoms with Gasteiger partial charge in [0.25, 0.3) is 0 Å². The van der Waals surface area contributed by atoms with Crippen molar-refractivity contribution in [2.24, 2.45) is 11.8 Å². The van der Waals surface area contributed by atoms with Gasteiger partial charge in [-0.3, -0.25) is 4.79 Å². The summed E-state index contributed by atoms with van der Waals surface area (Å²) in [5.74, 6) is -0.750. The Balaban J connectivity index is 1.58. The van der Waals surface area contributed by atoms with Crippen molar-refractivity contribution >= 4 is 5.97 Å². The summed E-state index contributed by atoms with van der Waals surface area (Å²) in [6.45, 7) is 3.94. The van der Waals surface area contributed by atoms with Crippen molar-refractivity contribution in [1.82, 2.24) is 0 Å². The predicted octanol–water partition coefficient (Wildman–Crippen LogP) is 6.81. The number of aliphatic hydroxyl groups excluding tert-OH is 2. The number of esters is 1. The zero-order valence-corrected chi connectivity index (χ0v) is 24.3. The first kappa shape index (κ1) is 30.7. The van der Waals surface area contributed by atoms with E-state index in [9.17, 15) is 15.0 Å². The van der Waals surface area contributed by atoms with Gasteiger partial charge in [0.15, 0.2) is 0 Å². The second kappa shape index (κ2) is 15.1. The van der Waals surface area contributed by atoms with Crippen LogP contribution in [0.3, 0.4) is 0 Å². The van der Waals surface area contributed by atoms with Gasteiger partial charge in [0.2, 0.25) is 0 Å². The predicted molar refractivity (Wildman–Crippen MR) is 162 cm³/mol. The van der Waals surface area contributed by atoms with Crippen LogP contribution in [0.25, 0.3) is 0 Å². The Morgan fingerprint density at radius 3 is 1.90 bits per heavy atom. The molecule has 1 aliphatic carbocycles. The summed E-state index contributed by atoms with van der Waals surface area (Å²) in [4.78, 5) is 11.7. The minimum Gasteiger partial charge on any atom is -0.458 e. The molecule has 0 unspecified atom stereocenters. The van der Waals surface area contributed by atoms with Crippen molar-refractivity contribution in [3.63, 3.8) is 0 Å². The fraction of sp³-hybridized carbons (Fsp3) is 0.417. The van der Waals surface area contributed by atoms with Crippen molar-refractivity contribution in [2.45, 2.75) is 76.3 Å². The normalized spacial score (nSPS) is 21.7. The highest BCUT2D eigenvalue weighted by Crippen LogP contribution is 2.42. The van der Waals surface area contributed by atoms with Crippen molar-refractivity contribution in [2.75, 3.05) is 6.61 Å². The molecule has 0 radical (unpaired) electrons. The average Bonchev–Trinajstić information content (AvgIpc) is 3.26. The quantitative estimate of drug-likeness (QED) is 0.0987. The van der Waals surface area contributed by atoms with Crippen LogP contribution in [0.5, 0.6) is 0 Å². The second-order valence-corrected chi connectivity index (χ2v) is 11.1. The van der Waals surface area contributed by atoms with E-state index >= 15 is 0 Å². The van der Waals surface area contributed by atoms with Crippen molar-refractivity contribution in [3.05, 3.63) is 120 Å². The largest absolute Gasteiger partial charge is 0.458 e. The number of carbonyl (C=O) groups is 1. The van der Waals surface area contributed by atoms with E-state index < -0.39 is 17.8 Å². The minimum absolute atomic E-state index is 0.185. The maximum atomic E-state index is 11.7. The van der Waals surface area contributed by atoms with E-state index in [4.69, 9.17) is 9.47 Å². The first-order valence-electron chi connectivity index (χ1n) is 15.0. The zero-order valence-electron chi connectivity index (χ0n) is 24.3. The van der Waals surface area contributed by atoms with E-state index in [-0.39, 0.29) is 23.9 Å². The summed E-state index contributed by atoms with van der Waals surface area (Å²) in [7, 11) is 0. The molecule has 1 fully saturated rings. The molecule has 218 valence electrons. The molecule has 2 N–H and O–H groups in total. The number of carbonyl (C=O) groups excluding carboxylic acids is 1. The fourth-order valence-electron chi connectivity index (χ4n) is 6.15. The summed E-state index contributed by atoms with van der Waals surface area (Å²) < 4.78 is 12.5. The summed E-state index contributed by atoms with van der Waals surface area (Å²) in [6, 6.07) is 30.7. The Bertz CT molecular complexity index is 1110. The lowest BCUT2D eigenvalue weighted by molar-refractivity contribution is -0.144. The van der Waals surface area contributed by atoms with E-state index in [2.05, 4.69) is 43.3 Å². The molecular formula is C36H44O5. The Morgan fingerprint density at radius 1 is 0.878 bits per heavy atom. The second-order valence-electron chi connectivity index (χ2n) is 11.1. The minimum atomic E-state index is -0.836. The molecule has 5 atom stereocenters. The molecule has 3 aromatic carbocycles. The van der Waals surface area contributed by atoms with E-state index in [0.717, 1.165) is 42.4 Å². The smallest absolute Gasteiger partial charge is 0.303 e. The molecule has 0 heterocycles. The topological polar surface area (TPSA) is 76.0 Å². The molecular weight excluding hydrogens is 512 g/mol. The maximum Gasteiger partial charge on any atom is 0.303 e. The maximum absolute atomic E-state index is 11.7. The summed E-state index contributed by atoms with van der Waals surface area (Å²) >= 11 is 0. The van der Waals surface area contributed by atoms with Crippen LogP contribution < -0.4 is 0 Å². The number of aliphatic hydroxyl groups is 2. The molecule has 1 aliphatic rings. The van der Waals surface area contributed by atoms with Gasteiger partial charge < -0.3 is 19.7 Å². The molecule has 0 saturated heterocycles. The lowest BCUT2D eigenvalue weighted by Crippen LogP contribution is -2.34. The van der Waals surface area contributed by atoms with Crippen molar-refractivity contribution in [3.8, 4) is 0 Å². The monoisotopic (exact) mass is 556 g/mol. The summed E-state index contributed by atoms with van der Waals surface area (Å²) in [5, 5.41) is 21.8. The van der Waals surface area contributed by atoms with Crippen LogP contribution in [0.1, 0.15) is 69.1 Å². The van der Waals surface area contributed by atoms with E-state index in [0.29, 0.717) is 19.4 Å². The van der Waals surface area contributed by atoms with Crippen LogP contribution in [0, 0.1) is 11.8 Å². The Hall–Kier alpha value is -3.25. The molecule has 4 rings (SSSR count). The van der Waals surface area contributed by atoms with Crippen LogP contribution in [-0.2, 0) is 19.9 Å². The third kappa shape index (κ3) is 7.73. The lowest BCUT2D eigenvalue weighted by Gasteiger charge is -2.36. The first-order chi connectivity index (χ1) is 20.0. The van der Waals surface area contributed by atoms with Crippen LogP contribution in [-0.4, -0.2) is 41.1 Å². The molecule has 5 heteroatoms. The molecule has 0 amide bonds. The highest BCUT2D eigenvalue weighted by molar-refractivity contribution is 5.66. The molecule has 0 aromatic heterocycles. The number of hydrogen-bond donors (Lipinski definition) is 2. The van der Waals surface area contributed by atoms with Gasteiger partial charge in [0.05, 0.1) is 12.2 Å². The first-order valence-corrected chi connectivity index (χ1v) is 15.0. The molecule has 41 heavy (non-hydrogen) atoms. The van der Waals surface area contributed by atoms with E-state index in [1.54, 1.807) is 0 Å².